The predicted molar refractivity (Wildman–Crippen MR) is 114 cm³/mol. The van der Waals surface area contributed by atoms with Crippen molar-refractivity contribution in [2.45, 2.75) is 52.5 Å². The molecule has 1 aromatic carbocycles. The molecule has 1 aromatic heterocycles. The number of hydrogen-bond acceptors (Lipinski definition) is 4. The Hall–Kier alpha value is -1.98. The second-order valence-electron chi connectivity index (χ2n) is 8.97. The molecule has 1 spiro atoms. The summed E-state index contributed by atoms with van der Waals surface area (Å²) in [6.07, 6.45) is 4.96. The highest BCUT2D eigenvalue weighted by Crippen LogP contribution is 2.38. The van der Waals surface area contributed by atoms with Crippen LogP contribution in [0.1, 0.15) is 54.1 Å². The van der Waals surface area contributed by atoms with Gasteiger partial charge in [-0.15, -0.1) is 0 Å². The molecule has 3 heterocycles. The molecule has 4 nitrogen and oxygen atoms in total. The predicted octanol–water partition coefficient (Wildman–Crippen LogP) is 4.27. The van der Waals surface area contributed by atoms with Gasteiger partial charge in [-0.1, -0.05) is 38.0 Å². The molecule has 5 heteroatoms. The minimum absolute atomic E-state index is 0.131. The summed E-state index contributed by atoms with van der Waals surface area (Å²) in [4.78, 5) is 6.89. The van der Waals surface area contributed by atoms with Crippen molar-refractivity contribution in [3.63, 3.8) is 0 Å². The molecule has 4 rings (SSSR count). The van der Waals surface area contributed by atoms with E-state index in [4.69, 9.17) is 10.5 Å². The minimum Gasteiger partial charge on any atom is -0.383 e. The first-order valence-electron chi connectivity index (χ1n) is 10.8. The van der Waals surface area contributed by atoms with Gasteiger partial charge in [0.25, 0.3) is 0 Å². The molecule has 2 aromatic rings. The van der Waals surface area contributed by atoms with Crippen LogP contribution in [0.3, 0.4) is 0 Å². The van der Waals surface area contributed by atoms with Gasteiger partial charge in [0.2, 0.25) is 0 Å². The number of nitrogens with zero attached hydrogens (tertiary/aromatic N) is 2. The molecule has 0 saturated carbocycles. The number of aromatic nitrogens is 1. The smallest absolute Gasteiger partial charge is 0.127 e. The number of nitrogen functional groups attached to an aromatic ring is 1. The van der Waals surface area contributed by atoms with E-state index in [2.05, 4.69) is 28.9 Å². The highest BCUT2D eigenvalue weighted by molar-refractivity contribution is 5.45. The van der Waals surface area contributed by atoms with Crippen LogP contribution in [0.25, 0.3) is 0 Å². The summed E-state index contributed by atoms with van der Waals surface area (Å²) in [6, 6.07) is 7.81. The van der Waals surface area contributed by atoms with Crippen LogP contribution in [0.2, 0.25) is 0 Å². The van der Waals surface area contributed by atoms with Gasteiger partial charge in [-0.25, -0.2) is 9.37 Å². The van der Waals surface area contributed by atoms with E-state index in [9.17, 15) is 4.39 Å². The van der Waals surface area contributed by atoms with Crippen molar-refractivity contribution >= 4 is 5.82 Å². The summed E-state index contributed by atoms with van der Waals surface area (Å²) in [7, 11) is 0. The Morgan fingerprint density at radius 2 is 1.93 bits per heavy atom. The highest BCUT2D eigenvalue weighted by Gasteiger charge is 2.48. The Bertz CT molecular complexity index is 871. The van der Waals surface area contributed by atoms with Crippen LogP contribution < -0.4 is 5.73 Å². The van der Waals surface area contributed by atoms with E-state index >= 15 is 0 Å². The van der Waals surface area contributed by atoms with Gasteiger partial charge in [-0.05, 0) is 48.1 Å². The Balaban J connectivity index is 1.41. The lowest BCUT2D eigenvalue weighted by molar-refractivity contribution is -0.191. The molecule has 0 bridgehead atoms. The lowest BCUT2D eigenvalue weighted by atomic mass is 9.78. The number of unbranched alkanes of at least 4 members (excludes halogenated alkanes) is 2. The molecule has 156 valence electrons. The monoisotopic (exact) mass is 397 g/mol. The van der Waals surface area contributed by atoms with Crippen molar-refractivity contribution in [2.75, 3.05) is 32.0 Å². The van der Waals surface area contributed by atoms with Crippen molar-refractivity contribution in [3.8, 4) is 0 Å². The fraction of sp³-hybridized carbons (Fsp3) is 0.542. The first-order valence-corrected chi connectivity index (χ1v) is 10.8. The average Bonchev–Trinajstić information content (AvgIpc) is 2.62. The maximum Gasteiger partial charge on any atom is 0.127 e. The third-order valence-corrected chi connectivity index (χ3v) is 6.32. The summed E-state index contributed by atoms with van der Waals surface area (Å²) in [5.41, 5.74) is 11.3. The van der Waals surface area contributed by atoms with E-state index in [0.717, 1.165) is 73.6 Å². The second kappa shape index (κ2) is 8.41. The molecule has 0 aliphatic carbocycles. The van der Waals surface area contributed by atoms with Gasteiger partial charge in [0.15, 0.2) is 0 Å². The second-order valence-corrected chi connectivity index (χ2v) is 8.97. The molecule has 0 amide bonds. The lowest BCUT2D eigenvalue weighted by Gasteiger charge is -2.55. The van der Waals surface area contributed by atoms with Crippen LogP contribution in [-0.4, -0.2) is 36.2 Å². The molecular formula is C24H32FN3O. The van der Waals surface area contributed by atoms with Crippen molar-refractivity contribution in [1.82, 2.24) is 9.88 Å². The minimum atomic E-state index is -0.131. The van der Waals surface area contributed by atoms with Gasteiger partial charge >= 0.3 is 0 Å². The van der Waals surface area contributed by atoms with Gasteiger partial charge in [0.1, 0.15) is 11.6 Å². The molecule has 0 radical (unpaired) electrons. The van der Waals surface area contributed by atoms with Crippen molar-refractivity contribution < 1.29 is 9.13 Å². The van der Waals surface area contributed by atoms with Crippen LogP contribution >= 0.6 is 0 Å². The van der Waals surface area contributed by atoms with Gasteiger partial charge in [0.05, 0.1) is 13.2 Å². The number of anilines is 1. The first kappa shape index (κ1) is 20.3. The molecule has 29 heavy (non-hydrogen) atoms. The summed E-state index contributed by atoms with van der Waals surface area (Å²) in [5, 5.41) is 0. The number of ether oxygens (including phenoxy) is 1. The van der Waals surface area contributed by atoms with Gasteiger partial charge < -0.3 is 10.5 Å². The summed E-state index contributed by atoms with van der Waals surface area (Å²) in [6.45, 7) is 8.84. The van der Waals surface area contributed by atoms with E-state index in [0.29, 0.717) is 17.7 Å². The van der Waals surface area contributed by atoms with Crippen LogP contribution in [0.5, 0.6) is 0 Å². The zero-order valence-corrected chi connectivity index (χ0v) is 17.6. The van der Waals surface area contributed by atoms with E-state index in [1.165, 1.54) is 12.8 Å². The molecule has 2 aliphatic heterocycles. The zero-order chi connectivity index (χ0) is 20.4. The molecule has 2 N–H and O–H groups in total. The topological polar surface area (TPSA) is 51.4 Å². The quantitative estimate of drug-likeness (QED) is 0.676. The Labute approximate surface area is 173 Å². The number of likely N-dealkylation sites (tertiary alicyclic amines) is 1. The maximum atomic E-state index is 14.8. The van der Waals surface area contributed by atoms with E-state index < -0.39 is 0 Å². The van der Waals surface area contributed by atoms with Crippen LogP contribution in [0.15, 0.2) is 24.3 Å². The van der Waals surface area contributed by atoms with Gasteiger partial charge in [0, 0.05) is 37.2 Å². The SMILES string of the molecule is CCCCCc1cc(Cc2ccc(CN3CC4(COC4)C3)cc2F)c(C)nc1N. The number of hydrogen-bond donors (Lipinski definition) is 1. The number of benzene rings is 1. The molecule has 0 unspecified atom stereocenters. The third kappa shape index (κ3) is 4.46. The zero-order valence-electron chi connectivity index (χ0n) is 17.6. The van der Waals surface area contributed by atoms with Crippen LogP contribution in [0, 0.1) is 18.2 Å². The molecule has 2 saturated heterocycles. The Kier molecular flexibility index (Phi) is 5.88. The number of nitrogens with two attached hydrogens (primary N) is 1. The summed E-state index contributed by atoms with van der Waals surface area (Å²) < 4.78 is 20.1. The molecule has 0 atom stereocenters. The Morgan fingerprint density at radius 3 is 2.59 bits per heavy atom. The molecule has 2 aliphatic rings. The van der Waals surface area contributed by atoms with Crippen molar-refractivity contribution in [2.24, 2.45) is 5.41 Å². The number of aryl methyl sites for hydroxylation is 2. The molecule has 2 fully saturated rings. The van der Waals surface area contributed by atoms with E-state index in [-0.39, 0.29) is 5.82 Å². The normalized spacial score (nSPS) is 17.9. The first-order chi connectivity index (χ1) is 14.0. The van der Waals surface area contributed by atoms with E-state index in [1.807, 2.05) is 13.0 Å². The third-order valence-electron chi connectivity index (χ3n) is 6.32. The summed E-state index contributed by atoms with van der Waals surface area (Å²) in [5.74, 6) is 0.482. The van der Waals surface area contributed by atoms with Crippen LogP contribution in [-0.2, 0) is 24.1 Å². The number of pyridine rings is 1. The standard InChI is InChI=1S/C24H32FN3O/c1-3-4-5-6-20-11-21(17(2)27-23(20)26)10-19-8-7-18(9-22(19)25)12-28-13-24(14-28)15-29-16-24/h7-9,11H,3-6,10,12-16H2,1-2H3,(H2,26,27). The number of rotatable bonds is 8. The van der Waals surface area contributed by atoms with Gasteiger partial charge in [-0.2, -0.15) is 0 Å². The fourth-order valence-electron chi connectivity index (χ4n) is 4.54. The van der Waals surface area contributed by atoms with Crippen molar-refractivity contribution in [1.29, 1.82) is 0 Å². The maximum absolute atomic E-state index is 14.8. The van der Waals surface area contributed by atoms with Crippen molar-refractivity contribution in [3.05, 3.63) is 58.0 Å². The fourth-order valence-corrected chi connectivity index (χ4v) is 4.54. The lowest BCUT2D eigenvalue weighted by Crippen LogP contribution is -2.65. The average molecular weight is 398 g/mol. The summed E-state index contributed by atoms with van der Waals surface area (Å²) >= 11 is 0. The Morgan fingerprint density at radius 1 is 1.14 bits per heavy atom. The number of halogens is 1. The largest absolute Gasteiger partial charge is 0.383 e. The van der Waals surface area contributed by atoms with Crippen LogP contribution in [0.4, 0.5) is 10.2 Å². The highest BCUT2D eigenvalue weighted by atomic mass is 19.1. The van der Waals surface area contributed by atoms with E-state index in [1.54, 1.807) is 6.07 Å². The van der Waals surface area contributed by atoms with Gasteiger partial charge in [-0.3, -0.25) is 4.90 Å². The molecular weight excluding hydrogens is 365 g/mol.